The van der Waals surface area contributed by atoms with Crippen LogP contribution in [0.15, 0.2) is 23.2 Å². The Morgan fingerprint density at radius 3 is 2.42 bits per heavy atom. The van der Waals surface area contributed by atoms with E-state index in [1.165, 1.54) is 18.2 Å². The van der Waals surface area contributed by atoms with Crippen molar-refractivity contribution in [3.63, 3.8) is 0 Å². The third-order valence-electron chi connectivity index (χ3n) is 4.79. The average Bonchev–Trinajstić information content (AvgIpc) is 3.38. The summed E-state index contributed by atoms with van der Waals surface area (Å²) in [5, 5.41) is 3.29. The predicted octanol–water partition coefficient (Wildman–Crippen LogP) is 2.17. The third kappa shape index (κ3) is 3.89. The van der Waals surface area contributed by atoms with E-state index in [1.54, 1.807) is 18.9 Å². The summed E-state index contributed by atoms with van der Waals surface area (Å²) in [5.74, 6) is -0.499. The Labute approximate surface area is 151 Å². The molecule has 3 rings (SSSR count). The molecule has 1 aromatic carbocycles. The van der Waals surface area contributed by atoms with Crippen molar-refractivity contribution in [3.8, 4) is 0 Å². The van der Waals surface area contributed by atoms with Crippen molar-refractivity contribution >= 4 is 12.1 Å². The van der Waals surface area contributed by atoms with E-state index >= 15 is 0 Å². The van der Waals surface area contributed by atoms with Crippen molar-refractivity contribution in [2.45, 2.75) is 25.3 Å². The minimum Gasteiger partial charge on any atom is -0.450 e. The van der Waals surface area contributed by atoms with Gasteiger partial charge in [-0.15, -0.1) is 0 Å². The molecule has 1 saturated carbocycles. The summed E-state index contributed by atoms with van der Waals surface area (Å²) in [6.07, 6.45) is 0.368. The van der Waals surface area contributed by atoms with Crippen LogP contribution in [0.4, 0.5) is 13.6 Å². The molecule has 1 aliphatic heterocycles. The van der Waals surface area contributed by atoms with Crippen LogP contribution in [0.3, 0.4) is 0 Å². The first-order chi connectivity index (χ1) is 12.5. The van der Waals surface area contributed by atoms with Crippen LogP contribution in [0, 0.1) is 11.6 Å². The number of guanidine groups is 1. The lowest BCUT2D eigenvalue weighted by molar-refractivity contribution is 0.0914. The molecule has 0 bridgehead atoms. The number of rotatable bonds is 3. The van der Waals surface area contributed by atoms with Crippen LogP contribution in [0.1, 0.15) is 24.8 Å². The monoisotopic (exact) mass is 366 g/mol. The van der Waals surface area contributed by atoms with Gasteiger partial charge in [0, 0.05) is 50.7 Å². The van der Waals surface area contributed by atoms with Crippen LogP contribution in [-0.2, 0) is 4.74 Å². The Balaban J connectivity index is 1.55. The van der Waals surface area contributed by atoms with Crippen molar-refractivity contribution in [1.29, 1.82) is 0 Å². The zero-order valence-corrected chi connectivity index (χ0v) is 15.0. The largest absolute Gasteiger partial charge is 0.450 e. The van der Waals surface area contributed by atoms with Crippen molar-refractivity contribution in [2.75, 3.05) is 39.8 Å². The van der Waals surface area contributed by atoms with Gasteiger partial charge < -0.3 is 19.9 Å². The first kappa shape index (κ1) is 18.4. The fourth-order valence-corrected chi connectivity index (χ4v) is 3.32. The van der Waals surface area contributed by atoms with Crippen molar-refractivity contribution < 1.29 is 18.3 Å². The van der Waals surface area contributed by atoms with Crippen LogP contribution < -0.4 is 5.32 Å². The van der Waals surface area contributed by atoms with Crippen molar-refractivity contribution in [1.82, 2.24) is 15.1 Å². The lowest BCUT2D eigenvalue weighted by atomic mass is 10.1. The van der Waals surface area contributed by atoms with Crippen LogP contribution >= 0.6 is 0 Å². The Kier molecular flexibility index (Phi) is 5.58. The number of nitrogens with zero attached hydrogens (tertiary/aromatic N) is 3. The normalized spacial score (nSPS) is 23.0. The lowest BCUT2D eigenvalue weighted by Gasteiger charge is -2.36. The molecule has 1 aliphatic carbocycles. The number of ether oxygens (including phenoxy) is 1. The summed E-state index contributed by atoms with van der Waals surface area (Å²) >= 11 is 0. The first-order valence-electron chi connectivity index (χ1n) is 8.89. The number of halogens is 2. The molecule has 0 radical (unpaired) electrons. The molecule has 0 aromatic heterocycles. The molecule has 6 nitrogen and oxygen atoms in total. The second-order valence-electron chi connectivity index (χ2n) is 6.45. The number of piperazine rings is 1. The van der Waals surface area contributed by atoms with E-state index in [1.807, 2.05) is 4.90 Å². The molecule has 1 heterocycles. The molecule has 8 heteroatoms. The Morgan fingerprint density at radius 2 is 1.85 bits per heavy atom. The van der Waals surface area contributed by atoms with Gasteiger partial charge >= 0.3 is 6.09 Å². The van der Waals surface area contributed by atoms with E-state index in [0.717, 1.165) is 0 Å². The molecule has 2 atom stereocenters. The molecular formula is C18H24F2N4O2. The molecule has 1 saturated heterocycles. The fourth-order valence-electron chi connectivity index (χ4n) is 3.32. The van der Waals surface area contributed by atoms with E-state index in [0.29, 0.717) is 45.2 Å². The number of aliphatic imine (C=N–C) groups is 1. The van der Waals surface area contributed by atoms with Gasteiger partial charge in [-0.05, 0) is 25.5 Å². The first-order valence-corrected chi connectivity index (χ1v) is 8.89. The zero-order chi connectivity index (χ0) is 18.7. The molecule has 1 aromatic rings. The van der Waals surface area contributed by atoms with Gasteiger partial charge in [0.2, 0.25) is 0 Å². The molecule has 2 unspecified atom stereocenters. The number of hydrogen-bond donors (Lipinski definition) is 1. The van der Waals surface area contributed by atoms with Gasteiger partial charge in [0.15, 0.2) is 5.96 Å². The smallest absolute Gasteiger partial charge is 0.409 e. The summed E-state index contributed by atoms with van der Waals surface area (Å²) in [6, 6.07) is 3.92. The van der Waals surface area contributed by atoms with Gasteiger partial charge in [-0.1, -0.05) is 6.07 Å². The van der Waals surface area contributed by atoms with E-state index in [9.17, 15) is 13.6 Å². The van der Waals surface area contributed by atoms with Gasteiger partial charge in [0.1, 0.15) is 11.6 Å². The number of carbonyl (C=O) groups is 1. The second kappa shape index (κ2) is 7.88. The molecule has 2 aliphatic rings. The van der Waals surface area contributed by atoms with Crippen molar-refractivity contribution in [3.05, 3.63) is 35.4 Å². The lowest BCUT2D eigenvalue weighted by Crippen LogP contribution is -2.54. The summed E-state index contributed by atoms with van der Waals surface area (Å²) in [5.41, 5.74) is 0.146. The van der Waals surface area contributed by atoms with E-state index < -0.39 is 11.6 Å². The quantitative estimate of drug-likeness (QED) is 0.658. The predicted molar refractivity (Wildman–Crippen MR) is 94.2 cm³/mol. The molecule has 26 heavy (non-hydrogen) atoms. The molecular weight excluding hydrogens is 342 g/mol. The van der Waals surface area contributed by atoms with E-state index in [-0.39, 0.29) is 23.6 Å². The van der Waals surface area contributed by atoms with Gasteiger partial charge in [0.05, 0.1) is 6.61 Å². The van der Waals surface area contributed by atoms with E-state index in [2.05, 4.69) is 10.3 Å². The Hall–Kier alpha value is -2.38. The Bertz CT molecular complexity index is 670. The number of nitrogens with one attached hydrogen (secondary N) is 1. The average molecular weight is 366 g/mol. The highest BCUT2D eigenvalue weighted by atomic mass is 19.1. The molecule has 0 spiro atoms. The standard InChI is InChI=1S/C18H24F2N4O2/c1-3-26-18(25)24-9-7-23(8-10-24)17(21-2)22-15-11-12(15)16-13(19)5-4-6-14(16)20/h4-6,12,15H,3,7-11H2,1-2H3,(H,21,22). The minimum absolute atomic E-state index is 0.0387. The van der Waals surface area contributed by atoms with Crippen LogP contribution in [0.2, 0.25) is 0 Å². The van der Waals surface area contributed by atoms with Crippen LogP contribution in [0.25, 0.3) is 0 Å². The molecule has 2 fully saturated rings. The highest BCUT2D eigenvalue weighted by Crippen LogP contribution is 2.43. The van der Waals surface area contributed by atoms with Gasteiger partial charge in [-0.2, -0.15) is 0 Å². The van der Waals surface area contributed by atoms with Gasteiger partial charge in [-0.3, -0.25) is 4.99 Å². The topological polar surface area (TPSA) is 57.2 Å². The highest BCUT2D eigenvalue weighted by Gasteiger charge is 2.43. The summed E-state index contributed by atoms with van der Waals surface area (Å²) < 4.78 is 32.8. The second-order valence-corrected chi connectivity index (χ2v) is 6.45. The summed E-state index contributed by atoms with van der Waals surface area (Å²) in [7, 11) is 1.68. The minimum atomic E-state index is -0.502. The summed E-state index contributed by atoms with van der Waals surface area (Å²) in [6.45, 7) is 4.50. The van der Waals surface area contributed by atoms with Crippen molar-refractivity contribution in [2.24, 2.45) is 4.99 Å². The molecule has 1 amide bonds. The summed E-state index contributed by atoms with van der Waals surface area (Å²) in [4.78, 5) is 19.8. The third-order valence-corrected chi connectivity index (χ3v) is 4.79. The number of carbonyl (C=O) groups excluding carboxylic acids is 1. The number of hydrogen-bond acceptors (Lipinski definition) is 3. The van der Waals surface area contributed by atoms with Crippen LogP contribution in [-0.4, -0.2) is 67.7 Å². The number of benzene rings is 1. The van der Waals surface area contributed by atoms with Gasteiger partial charge in [0.25, 0.3) is 0 Å². The maximum absolute atomic E-state index is 13.9. The molecule has 1 N–H and O–H groups in total. The highest BCUT2D eigenvalue weighted by molar-refractivity contribution is 5.81. The maximum Gasteiger partial charge on any atom is 0.409 e. The fraction of sp³-hybridized carbons (Fsp3) is 0.556. The SMILES string of the molecule is CCOC(=O)N1CCN(C(=NC)NC2CC2c2c(F)cccc2F)CC1. The molecule has 142 valence electrons. The maximum atomic E-state index is 13.9. The van der Waals surface area contributed by atoms with Crippen LogP contribution in [0.5, 0.6) is 0 Å². The Morgan fingerprint density at radius 1 is 1.23 bits per heavy atom. The van der Waals surface area contributed by atoms with Gasteiger partial charge in [-0.25, -0.2) is 13.6 Å². The van der Waals surface area contributed by atoms with E-state index in [4.69, 9.17) is 4.74 Å². The zero-order valence-electron chi connectivity index (χ0n) is 15.0. The number of amides is 1.